The van der Waals surface area contributed by atoms with Gasteiger partial charge in [-0.3, -0.25) is 10.1 Å². The molecule has 0 saturated heterocycles. The summed E-state index contributed by atoms with van der Waals surface area (Å²) in [6.45, 7) is 1.53. The number of nitro benzene ring substituents is 1. The summed E-state index contributed by atoms with van der Waals surface area (Å²) in [7, 11) is 0. The van der Waals surface area contributed by atoms with E-state index in [0.717, 1.165) is 0 Å². The van der Waals surface area contributed by atoms with E-state index in [2.05, 4.69) is 10.2 Å². The summed E-state index contributed by atoms with van der Waals surface area (Å²) >= 11 is 5.73. The fraction of sp³-hybridized carbons (Fsp3) is 0.118. The van der Waals surface area contributed by atoms with Gasteiger partial charge >= 0.3 is 5.97 Å². The van der Waals surface area contributed by atoms with Crippen molar-refractivity contribution in [2.45, 2.75) is 13.0 Å². The lowest BCUT2D eigenvalue weighted by atomic mass is 10.2. The van der Waals surface area contributed by atoms with Gasteiger partial charge in [0.05, 0.1) is 4.92 Å². The van der Waals surface area contributed by atoms with Crippen molar-refractivity contribution in [2.24, 2.45) is 0 Å². The third kappa shape index (κ3) is 4.04. The number of nitrogens with zero attached hydrogens (tertiary/aromatic N) is 3. The summed E-state index contributed by atoms with van der Waals surface area (Å²) in [5.41, 5.74) is 0.359. The van der Waals surface area contributed by atoms with E-state index < -0.39 is 17.0 Å². The molecule has 1 aromatic heterocycles. The largest absolute Gasteiger partial charge is 0.507 e. The molecule has 1 N–H and O–H groups in total. The highest BCUT2D eigenvalue weighted by atomic mass is 35.5. The molecule has 27 heavy (non-hydrogen) atoms. The first-order chi connectivity index (χ1) is 12.8. The van der Waals surface area contributed by atoms with Crippen LogP contribution in [-0.2, 0) is 4.74 Å². The van der Waals surface area contributed by atoms with E-state index in [9.17, 15) is 20.0 Å². The lowest BCUT2D eigenvalue weighted by Gasteiger charge is -2.10. The third-order valence-electron chi connectivity index (χ3n) is 3.58. The number of aromatic hydroxyl groups is 1. The predicted molar refractivity (Wildman–Crippen MR) is 93.3 cm³/mol. The van der Waals surface area contributed by atoms with Crippen LogP contribution in [0, 0.1) is 10.1 Å². The number of benzene rings is 2. The fourth-order valence-corrected chi connectivity index (χ4v) is 2.36. The van der Waals surface area contributed by atoms with Crippen LogP contribution in [0.3, 0.4) is 0 Å². The minimum atomic E-state index is -0.883. The van der Waals surface area contributed by atoms with Crippen molar-refractivity contribution in [3.63, 3.8) is 0 Å². The lowest BCUT2D eigenvalue weighted by Crippen LogP contribution is -2.09. The molecule has 0 aliphatic heterocycles. The molecule has 3 rings (SSSR count). The summed E-state index contributed by atoms with van der Waals surface area (Å²) in [6.07, 6.45) is -0.883. The second-order valence-corrected chi connectivity index (χ2v) is 5.89. The van der Waals surface area contributed by atoms with Crippen molar-refractivity contribution < 1.29 is 24.0 Å². The molecule has 0 aliphatic carbocycles. The Kier molecular flexibility index (Phi) is 5.04. The molecule has 2 aromatic carbocycles. The van der Waals surface area contributed by atoms with Crippen molar-refractivity contribution in [3.8, 4) is 17.2 Å². The Morgan fingerprint density at radius 1 is 1.26 bits per heavy atom. The molecule has 10 heteroatoms. The SMILES string of the molecule is C[C@H](OC(=O)c1ccc(Cl)cc1O)c1nnc(-c2ccc([N+](=O)[O-])cc2)o1. The Hall–Kier alpha value is -3.46. The van der Waals surface area contributed by atoms with Crippen LogP contribution in [0.2, 0.25) is 5.02 Å². The number of rotatable bonds is 5. The van der Waals surface area contributed by atoms with Crippen LogP contribution in [0.5, 0.6) is 5.75 Å². The van der Waals surface area contributed by atoms with E-state index in [-0.39, 0.29) is 33.8 Å². The first-order valence-electron chi connectivity index (χ1n) is 7.63. The molecule has 0 spiro atoms. The van der Waals surface area contributed by atoms with E-state index in [0.29, 0.717) is 5.56 Å². The zero-order valence-electron chi connectivity index (χ0n) is 13.8. The maximum Gasteiger partial charge on any atom is 0.342 e. The molecule has 0 unspecified atom stereocenters. The first kappa shape index (κ1) is 18.3. The molecule has 0 amide bonds. The number of esters is 1. The molecule has 138 valence electrons. The normalized spacial score (nSPS) is 11.8. The zero-order valence-corrected chi connectivity index (χ0v) is 14.6. The number of carbonyl (C=O) groups is 1. The zero-order chi connectivity index (χ0) is 19.6. The molecule has 3 aromatic rings. The maximum atomic E-state index is 12.2. The lowest BCUT2D eigenvalue weighted by molar-refractivity contribution is -0.384. The molecule has 1 heterocycles. The summed E-state index contributed by atoms with van der Waals surface area (Å²) in [5.74, 6) is -0.939. The van der Waals surface area contributed by atoms with Gasteiger partial charge in [-0.25, -0.2) is 4.79 Å². The first-order valence-corrected chi connectivity index (χ1v) is 8.00. The number of aromatic nitrogens is 2. The molecular weight excluding hydrogens is 378 g/mol. The van der Waals surface area contributed by atoms with Gasteiger partial charge in [-0.1, -0.05) is 11.6 Å². The molecule has 0 saturated carbocycles. The molecule has 0 radical (unpaired) electrons. The van der Waals surface area contributed by atoms with E-state index in [1.54, 1.807) is 0 Å². The molecule has 9 nitrogen and oxygen atoms in total. The van der Waals surface area contributed by atoms with Crippen LogP contribution < -0.4 is 0 Å². The average Bonchev–Trinajstić information content (AvgIpc) is 3.12. The standard InChI is InChI=1S/C17H12ClN3O6/c1-9(26-17(23)13-7-4-11(18)8-14(13)22)15-19-20-16(27-15)10-2-5-12(6-3-10)21(24)25/h2-9,22H,1H3/t9-/m0/s1. The number of non-ortho nitro benzene ring substituents is 1. The van der Waals surface area contributed by atoms with Gasteiger partial charge in [-0.05, 0) is 37.3 Å². The summed E-state index contributed by atoms with van der Waals surface area (Å²) in [5, 5.41) is 28.4. The van der Waals surface area contributed by atoms with E-state index in [1.807, 2.05) is 0 Å². The van der Waals surface area contributed by atoms with Gasteiger partial charge in [0.15, 0.2) is 6.10 Å². The van der Waals surface area contributed by atoms with Gasteiger partial charge in [-0.2, -0.15) is 0 Å². The average molecular weight is 390 g/mol. The number of phenolic OH excluding ortho intramolecular Hbond substituents is 1. The monoisotopic (exact) mass is 389 g/mol. The maximum absolute atomic E-state index is 12.2. The Labute approximate surface area is 157 Å². The Morgan fingerprint density at radius 2 is 1.96 bits per heavy atom. The number of hydrogen-bond acceptors (Lipinski definition) is 8. The van der Waals surface area contributed by atoms with Gasteiger partial charge in [-0.15, -0.1) is 10.2 Å². The second kappa shape index (κ2) is 7.42. The number of halogens is 1. The van der Waals surface area contributed by atoms with E-state index >= 15 is 0 Å². The van der Waals surface area contributed by atoms with Gasteiger partial charge in [0, 0.05) is 22.7 Å². The van der Waals surface area contributed by atoms with Crippen molar-refractivity contribution in [1.29, 1.82) is 0 Å². The minimum absolute atomic E-state index is 0.0326. The topological polar surface area (TPSA) is 129 Å². The molecule has 1 atom stereocenters. The highest BCUT2D eigenvalue weighted by Crippen LogP contribution is 2.27. The quantitative estimate of drug-likeness (QED) is 0.395. The third-order valence-corrected chi connectivity index (χ3v) is 3.81. The highest BCUT2D eigenvalue weighted by molar-refractivity contribution is 6.30. The Bertz CT molecular complexity index is 1000. The molecule has 0 bridgehead atoms. The van der Waals surface area contributed by atoms with Crippen LogP contribution in [0.4, 0.5) is 5.69 Å². The van der Waals surface area contributed by atoms with Gasteiger partial charge in [0.1, 0.15) is 11.3 Å². The van der Waals surface area contributed by atoms with Crippen LogP contribution in [0.1, 0.15) is 29.3 Å². The Morgan fingerprint density at radius 3 is 2.59 bits per heavy atom. The van der Waals surface area contributed by atoms with Crippen molar-refractivity contribution in [1.82, 2.24) is 10.2 Å². The number of ether oxygens (including phenoxy) is 1. The van der Waals surface area contributed by atoms with E-state index in [1.165, 1.54) is 49.4 Å². The predicted octanol–water partition coefficient (Wildman–Crippen LogP) is 3.92. The molecular formula is C17H12ClN3O6. The number of nitro groups is 1. The van der Waals surface area contributed by atoms with Crippen LogP contribution in [-0.4, -0.2) is 26.2 Å². The summed E-state index contributed by atoms with van der Waals surface area (Å²) in [4.78, 5) is 22.3. The number of carbonyl (C=O) groups excluding carboxylic acids is 1. The number of hydrogen-bond donors (Lipinski definition) is 1. The van der Waals surface area contributed by atoms with Gasteiger partial charge < -0.3 is 14.3 Å². The van der Waals surface area contributed by atoms with E-state index in [4.69, 9.17) is 20.8 Å². The molecule has 0 aliphatic rings. The van der Waals surface area contributed by atoms with Crippen molar-refractivity contribution in [2.75, 3.05) is 0 Å². The van der Waals surface area contributed by atoms with Crippen LogP contribution in [0.25, 0.3) is 11.5 Å². The fourth-order valence-electron chi connectivity index (χ4n) is 2.19. The highest BCUT2D eigenvalue weighted by Gasteiger charge is 2.22. The van der Waals surface area contributed by atoms with Crippen LogP contribution >= 0.6 is 11.6 Å². The van der Waals surface area contributed by atoms with Crippen LogP contribution in [0.15, 0.2) is 46.9 Å². The minimum Gasteiger partial charge on any atom is -0.507 e. The smallest absolute Gasteiger partial charge is 0.342 e. The van der Waals surface area contributed by atoms with Crippen molar-refractivity contribution in [3.05, 3.63) is 69.1 Å². The Balaban J connectivity index is 1.73. The number of phenols is 1. The second-order valence-electron chi connectivity index (χ2n) is 5.46. The summed E-state index contributed by atoms with van der Waals surface area (Å²) in [6, 6.07) is 9.57. The van der Waals surface area contributed by atoms with Gasteiger partial charge in [0.25, 0.3) is 11.6 Å². The van der Waals surface area contributed by atoms with Crippen molar-refractivity contribution >= 4 is 23.3 Å². The summed E-state index contributed by atoms with van der Waals surface area (Å²) < 4.78 is 10.7. The molecule has 0 fully saturated rings. The van der Waals surface area contributed by atoms with Gasteiger partial charge in [0.2, 0.25) is 5.89 Å².